The van der Waals surface area contributed by atoms with E-state index >= 15 is 0 Å². The third-order valence-corrected chi connectivity index (χ3v) is 3.76. The van der Waals surface area contributed by atoms with Gasteiger partial charge in [-0.25, -0.2) is 0 Å². The Morgan fingerprint density at radius 3 is 2.86 bits per heavy atom. The lowest BCUT2D eigenvalue weighted by Crippen LogP contribution is -2.31. The van der Waals surface area contributed by atoms with Crippen molar-refractivity contribution >= 4 is 5.91 Å². The highest BCUT2D eigenvalue weighted by molar-refractivity contribution is 5.77. The lowest BCUT2D eigenvalue weighted by atomic mass is 10.2. The highest BCUT2D eigenvalue weighted by atomic mass is 16.5. The summed E-state index contributed by atoms with van der Waals surface area (Å²) in [4.78, 5) is 13.6. The normalized spacial score (nSPS) is 18.7. The highest BCUT2D eigenvalue weighted by Crippen LogP contribution is 2.20. The molecule has 1 amide bonds. The summed E-state index contributed by atoms with van der Waals surface area (Å²) >= 11 is 0. The first-order valence-electron chi connectivity index (χ1n) is 7.56. The van der Waals surface area contributed by atoms with Gasteiger partial charge in [-0.15, -0.1) is 0 Å². The number of hydrogen-bond acceptors (Lipinski definition) is 4. The van der Waals surface area contributed by atoms with Crippen molar-refractivity contribution < 1.29 is 14.6 Å². The fourth-order valence-corrected chi connectivity index (χ4v) is 2.63. The Morgan fingerprint density at radius 2 is 2.19 bits per heavy atom. The van der Waals surface area contributed by atoms with Crippen LogP contribution in [0.4, 0.5) is 0 Å². The number of nitrogens with one attached hydrogen (secondary N) is 1. The molecule has 0 saturated carbocycles. The number of likely N-dealkylation sites (tertiary alicyclic amines) is 1. The van der Waals surface area contributed by atoms with Crippen molar-refractivity contribution in [1.29, 1.82) is 0 Å². The van der Waals surface area contributed by atoms with Gasteiger partial charge in [0.25, 0.3) is 5.91 Å². The van der Waals surface area contributed by atoms with Gasteiger partial charge in [0.15, 0.2) is 6.61 Å². The van der Waals surface area contributed by atoms with Crippen LogP contribution >= 0.6 is 0 Å². The number of benzene rings is 1. The van der Waals surface area contributed by atoms with Gasteiger partial charge in [0.1, 0.15) is 5.75 Å². The average Bonchev–Trinajstić information content (AvgIpc) is 2.94. The summed E-state index contributed by atoms with van der Waals surface area (Å²) in [5, 5.41) is 12.0. The van der Waals surface area contributed by atoms with Gasteiger partial charge in [-0.2, -0.15) is 0 Å². The molecule has 0 radical (unpaired) electrons. The number of rotatable bonds is 7. The maximum Gasteiger partial charge on any atom is 0.257 e. The third-order valence-electron chi connectivity index (χ3n) is 3.76. The summed E-state index contributed by atoms with van der Waals surface area (Å²) in [6, 6.07) is 8.09. The van der Waals surface area contributed by atoms with Crippen molar-refractivity contribution in [3.8, 4) is 5.75 Å². The summed E-state index contributed by atoms with van der Waals surface area (Å²) in [7, 11) is 0. The second-order valence-corrected chi connectivity index (χ2v) is 5.34. The lowest BCUT2D eigenvalue weighted by molar-refractivity contribution is -0.122. The molecule has 2 N–H and O–H groups in total. The van der Waals surface area contributed by atoms with Crippen molar-refractivity contribution in [2.24, 2.45) is 0 Å². The number of ether oxygens (including phenoxy) is 1. The number of hydrogen-bond donors (Lipinski definition) is 2. The lowest BCUT2D eigenvalue weighted by Gasteiger charge is -2.22. The fourth-order valence-electron chi connectivity index (χ4n) is 2.63. The van der Waals surface area contributed by atoms with Crippen molar-refractivity contribution in [1.82, 2.24) is 10.2 Å². The van der Waals surface area contributed by atoms with Crippen molar-refractivity contribution in [3.05, 3.63) is 29.8 Å². The molecule has 0 aliphatic carbocycles. The van der Waals surface area contributed by atoms with Gasteiger partial charge in [0.2, 0.25) is 0 Å². The molecule has 116 valence electrons. The molecule has 0 aromatic heterocycles. The molecule has 1 aliphatic rings. The first kappa shape index (κ1) is 15.8. The molecule has 21 heavy (non-hydrogen) atoms. The van der Waals surface area contributed by atoms with Gasteiger partial charge in [-0.05, 0) is 44.0 Å². The maximum absolute atomic E-state index is 11.3. The zero-order valence-corrected chi connectivity index (χ0v) is 12.5. The molecular weight excluding hydrogens is 268 g/mol. The van der Waals surface area contributed by atoms with E-state index in [1.54, 1.807) is 0 Å². The Labute approximate surface area is 125 Å². The van der Waals surface area contributed by atoms with Crippen LogP contribution in [-0.4, -0.2) is 48.3 Å². The van der Waals surface area contributed by atoms with E-state index in [2.05, 4.69) is 10.2 Å². The molecule has 1 heterocycles. The van der Waals surface area contributed by atoms with Crippen LogP contribution in [0.25, 0.3) is 0 Å². The van der Waals surface area contributed by atoms with E-state index in [4.69, 9.17) is 4.74 Å². The van der Waals surface area contributed by atoms with Gasteiger partial charge in [-0.3, -0.25) is 9.69 Å². The highest BCUT2D eigenvalue weighted by Gasteiger charge is 2.23. The van der Waals surface area contributed by atoms with E-state index < -0.39 is 0 Å². The minimum Gasteiger partial charge on any atom is -0.484 e. The molecule has 5 heteroatoms. The molecule has 1 fully saturated rings. The minimum absolute atomic E-state index is 0.0475. The van der Waals surface area contributed by atoms with Crippen molar-refractivity contribution in [2.45, 2.75) is 32.4 Å². The van der Waals surface area contributed by atoms with Gasteiger partial charge in [-0.1, -0.05) is 12.1 Å². The van der Waals surface area contributed by atoms with Gasteiger partial charge in [0, 0.05) is 19.1 Å². The zero-order chi connectivity index (χ0) is 15.1. The van der Waals surface area contributed by atoms with Crippen LogP contribution in [0.1, 0.15) is 25.3 Å². The van der Waals surface area contributed by atoms with Crippen LogP contribution in [0.5, 0.6) is 5.75 Å². The Bertz CT molecular complexity index is 447. The standard InChI is InChI=1S/C16H24N2O3/c1-2-17-16(20)12-21-15-7-5-13(6-8-15)10-18-9-3-4-14(18)11-19/h5-8,14,19H,2-4,9-12H2,1H3,(H,17,20)/t14-/m0/s1. The van der Waals surface area contributed by atoms with Gasteiger partial charge < -0.3 is 15.2 Å². The number of aliphatic hydroxyl groups excluding tert-OH is 1. The van der Waals surface area contributed by atoms with E-state index in [1.165, 1.54) is 5.56 Å². The quantitative estimate of drug-likeness (QED) is 0.791. The number of carbonyl (C=O) groups is 1. The van der Waals surface area contributed by atoms with Gasteiger partial charge in [0.05, 0.1) is 6.61 Å². The smallest absolute Gasteiger partial charge is 0.257 e. The predicted molar refractivity (Wildman–Crippen MR) is 81.1 cm³/mol. The predicted octanol–water partition coefficient (Wildman–Crippen LogP) is 1.16. The summed E-state index contributed by atoms with van der Waals surface area (Å²) in [6.07, 6.45) is 2.23. The molecule has 1 atom stereocenters. The number of amides is 1. The monoisotopic (exact) mass is 292 g/mol. The molecule has 0 spiro atoms. The van der Waals surface area contributed by atoms with Crippen molar-refractivity contribution in [3.63, 3.8) is 0 Å². The Hall–Kier alpha value is -1.59. The van der Waals surface area contributed by atoms with E-state index in [-0.39, 0.29) is 19.1 Å². The molecule has 0 bridgehead atoms. The van der Waals surface area contributed by atoms with Crippen molar-refractivity contribution in [2.75, 3.05) is 26.3 Å². The van der Waals surface area contributed by atoms with Crippen LogP contribution in [0.3, 0.4) is 0 Å². The molecule has 1 aromatic carbocycles. The molecule has 2 rings (SSSR count). The fraction of sp³-hybridized carbons (Fsp3) is 0.562. The molecule has 1 saturated heterocycles. The Kier molecular flexibility index (Phi) is 6.02. The van der Waals surface area contributed by atoms with Crippen LogP contribution in [0, 0.1) is 0 Å². The van der Waals surface area contributed by atoms with Crippen LogP contribution in [-0.2, 0) is 11.3 Å². The minimum atomic E-state index is -0.107. The van der Waals surface area contributed by atoms with E-state index in [0.29, 0.717) is 18.3 Å². The summed E-state index contributed by atoms with van der Waals surface area (Å²) < 4.78 is 5.42. The third kappa shape index (κ3) is 4.72. The van der Waals surface area contributed by atoms with E-state index in [1.807, 2.05) is 31.2 Å². The Morgan fingerprint density at radius 1 is 1.43 bits per heavy atom. The number of likely N-dealkylation sites (N-methyl/N-ethyl adjacent to an activating group) is 1. The summed E-state index contributed by atoms with van der Waals surface area (Å²) in [5.74, 6) is 0.592. The number of aliphatic hydroxyl groups is 1. The SMILES string of the molecule is CCNC(=O)COc1ccc(CN2CCC[C@H]2CO)cc1. The Balaban J connectivity index is 1.83. The summed E-state index contributed by atoms with van der Waals surface area (Å²) in [5.41, 5.74) is 1.20. The molecule has 1 aliphatic heterocycles. The van der Waals surface area contributed by atoms with Crippen LogP contribution in [0.2, 0.25) is 0 Å². The average molecular weight is 292 g/mol. The molecular formula is C16H24N2O3. The topological polar surface area (TPSA) is 61.8 Å². The summed E-state index contributed by atoms with van der Waals surface area (Å²) in [6.45, 7) is 4.66. The van der Waals surface area contributed by atoms with Gasteiger partial charge >= 0.3 is 0 Å². The van der Waals surface area contributed by atoms with Crippen LogP contribution in [0.15, 0.2) is 24.3 Å². The zero-order valence-electron chi connectivity index (χ0n) is 12.5. The number of carbonyl (C=O) groups excluding carboxylic acids is 1. The largest absolute Gasteiger partial charge is 0.484 e. The first-order valence-corrected chi connectivity index (χ1v) is 7.56. The molecule has 5 nitrogen and oxygen atoms in total. The molecule has 0 unspecified atom stereocenters. The van der Waals surface area contributed by atoms with E-state index in [0.717, 1.165) is 25.9 Å². The second-order valence-electron chi connectivity index (χ2n) is 5.34. The maximum atomic E-state index is 11.3. The first-order chi connectivity index (χ1) is 10.2. The molecule has 1 aromatic rings. The van der Waals surface area contributed by atoms with Crippen LogP contribution < -0.4 is 10.1 Å². The second kappa shape index (κ2) is 8.00. The number of nitrogens with zero attached hydrogens (tertiary/aromatic N) is 1. The van der Waals surface area contributed by atoms with E-state index in [9.17, 15) is 9.90 Å².